The zero-order valence-corrected chi connectivity index (χ0v) is 17.3. The molecule has 29 heavy (non-hydrogen) atoms. The smallest absolute Gasteiger partial charge is 0.298 e. The molecule has 0 bridgehead atoms. The van der Waals surface area contributed by atoms with Crippen LogP contribution in [-0.2, 0) is 13.1 Å². The van der Waals surface area contributed by atoms with Gasteiger partial charge in [0, 0.05) is 31.9 Å². The third kappa shape index (κ3) is 4.77. The Balaban J connectivity index is 1.41. The minimum Gasteiger partial charge on any atom is -0.298 e. The number of aromatic nitrogens is 3. The van der Waals surface area contributed by atoms with Gasteiger partial charge in [0.25, 0.3) is 0 Å². The topological polar surface area (TPSA) is 45.8 Å². The normalized spacial score (nSPS) is 17.9. The second kappa shape index (κ2) is 9.37. The first kappa shape index (κ1) is 19.9. The quantitative estimate of drug-likeness (QED) is 0.590. The van der Waals surface area contributed by atoms with Gasteiger partial charge in [-0.3, -0.25) is 14.2 Å². The van der Waals surface area contributed by atoms with Gasteiger partial charge in [-0.2, -0.15) is 0 Å². The highest BCUT2D eigenvalue weighted by molar-refractivity contribution is 5.35. The molecule has 0 spiro atoms. The SMILES string of the molecule is CCCN(CCn1nc2ccccn2c1=O)C1CCCN(Cc2ccccc2)C1. The van der Waals surface area contributed by atoms with Gasteiger partial charge in [-0.25, -0.2) is 9.48 Å². The Morgan fingerprint density at radius 2 is 1.93 bits per heavy atom. The maximum absolute atomic E-state index is 12.6. The molecule has 1 fully saturated rings. The molecule has 1 atom stereocenters. The van der Waals surface area contributed by atoms with E-state index in [1.807, 2.05) is 18.2 Å². The number of fused-ring (bicyclic) bond motifs is 1. The lowest BCUT2D eigenvalue weighted by molar-refractivity contribution is 0.0891. The third-order valence-corrected chi connectivity index (χ3v) is 5.84. The lowest BCUT2D eigenvalue weighted by Crippen LogP contribution is -2.49. The van der Waals surface area contributed by atoms with Crippen molar-refractivity contribution in [3.05, 3.63) is 70.8 Å². The Kier molecular flexibility index (Phi) is 6.42. The number of likely N-dealkylation sites (tertiary alicyclic amines) is 1. The van der Waals surface area contributed by atoms with E-state index in [0.717, 1.165) is 39.1 Å². The largest absolute Gasteiger partial charge is 0.350 e. The molecule has 0 radical (unpaired) electrons. The lowest BCUT2D eigenvalue weighted by Gasteiger charge is -2.39. The molecule has 0 amide bonds. The summed E-state index contributed by atoms with van der Waals surface area (Å²) in [5, 5.41) is 4.49. The summed E-state index contributed by atoms with van der Waals surface area (Å²) in [6, 6.07) is 16.9. The number of benzene rings is 1. The van der Waals surface area contributed by atoms with Crippen molar-refractivity contribution in [2.45, 2.75) is 45.3 Å². The molecule has 0 saturated carbocycles. The predicted octanol–water partition coefficient (Wildman–Crippen LogP) is 2.87. The van der Waals surface area contributed by atoms with Crippen molar-refractivity contribution in [3.8, 4) is 0 Å². The molecule has 1 unspecified atom stereocenters. The highest BCUT2D eigenvalue weighted by Crippen LogP contribution is 2.18. The van der Waals surface area contributed by atoms with Gasteiger partial charge in [0.05, 0.1) is 6.54 Å². The number of piperidine rings is 1. The molecule has 1 aromatic carbocycles. The molecule has 1 aliphatic rings. The number of pyridine rings is 1. The van der Waals surface area contributed by atoms with Gasteiger partial charge in [0.1, 0.15) is 0 Å². The summed E-state index contributed by atoms with van der Waals surface area (Å²) < 4.78 is 3.23. The summed E-state index contributed by atoms with van der Waals surface area (Å²) >= 11 is 0. The minimum atomic E-state index is -0.0496. The maximum atomic E-state index is 12.6. The molecule has 1 saturated heterocycles. The monoisotopic (exact) mass is 393 g/mol. The minimum absolute atomic E-state index is 0.0496. The van der Waals surface area contributed by atoms with E-state index in [1.165, 1.54) is 18.4 Å². The molecule has 2 aromatic heterocycles. The molecule has 1 aliphatic heterocycles. The van der Waals surface area contributed by atoms with E-state index < -0.39 is 0 Å². The van der Waals surface area contributed by atoms with Crippen LogP contribution >= 0.6 is 0 Å². The van der Waals surface area contributed by atoms with Gasteiger partial charge in [0.2, 0.25) is 0 Å². The van der Waals surface area contributed by atoms with Crippen LogP contribution in [-0.4, -0.2) is 56.2 Å². The first-order chi connectivity index (χ1) is 14.2. The van der Waals surface area contributed by atoms with E-state index in [4.69, 9.17) is 0 Å². The zero-order valence-electron chi connectivity index (χ0n) is 17.3. The third-order valence-electron chi connectivity index (χ3n) is 5.84. The Bertz CT molecular complexity index is 964. The zero-order chi connectivity index (χ0) is 20.1. The van der Waals surface area contributed by atoms with Crippen LogP contribution < -0.4 is 5.69 Å². The molecular formula is C23H31N5O. The Morgan fingerprint density at radius 1 is 1.10 bits per heavy atom. The van der Waals surface area contributed by atoms with Crippen molar-refractivity contribution in [1.29, 1.82) is 0 Å². The van der Waals surface area contributed by atoms with Crippen LogP contribution in [0, 0.1) is 0 Å². The van der Waals surface area contributed by atoms with Crippen LogP contribution in [0.5, 0.6) is 0 Å². The van der Waals surface area contributed by atoms with E-state index in [2.05, 4.69) is 52.2 Å². The second-order valence-electron chi connectivity index (χ2n) is 7.99. The summed E-state index contributed by atoms with van der Waals surface area (Å²) in [5.41, 5.74) is 2.05. The van der Waals surface area contributed by atoms with E-state index in [0.29, 0.717) is 18.2 Å². The molecule has 6 heteroatoms. The standard InChI is InChI=1S/C23H31N5O/c1-2-13-26(16-17-28-23(29)27-15-7-6-12-22(27)24-28)21-11-8-14-25(19-21)18-20-9-4-3-5-10-20/h3-7,9-10,12,15,21H,2,8,11,13-14,16-19H2,1H3. The molecule has 0 N–H and O–H groups in total. The lowest BCUT2D eigenvalue weighted by atomic mass is 10.0. The van der Waals surface area contributed by atoms with Crippen molar-refractivity contribution < 1.29 is 0 Å². The summed E-state index contributed by atoms with van der Waals surface area (Å²) in [4.78, 5) is 17.7. The van der Waals surface area contributed by atoms with Crippen LogP contribution in [0.4, 0.5) is 0 Å². The van der Waals surface area contributed by atoms with Gasteiger partial charge in [0.15, 0.2) is 5.65 Å². The summed E-state index contributed by atoms with van der Waals surface area (Å²) in [7, 11) is 0. The highest BCUT2D eigenvalue weighted by atomic mass is 16.2. The average molecular weight is 394 g/mol. The number of nitrogens with zero attached hydrogens (tertiary/aromatic N) is 5. The molecule has 154 valence electrons. The van der Waals surface area contributed by atoms with Crippen molar-refractivity contribution >= 4 is 5.65 Å². The van der Waals surface area contributed by atoms with Crippen molar-refractivity contribution in [1.82, 2.24) is 24.0 Å². The van der Waals surface area contributed by atoms with Crippen LogP contribution in [0.25, 0.3) is 5.65 Å². The molecule has 0 aliphatic carbocycles. The van der Waals surface area contributed by atoms with Crippen LogP contribution in [0.2, 0.25) is 0 Å². The van der Waals surface area contributed by atoms with E-state index >= 15 is 0 Å². The fraction of sp³-hybridized carbons (Fsp3) is 0.478. The van der Waals surface area contributed by atoms with E-state index in [-0.39, 0.29) is 5.69 Å². The fourth-order valence-corrected chi connectivity index (χ4v) is 4.42. The van der Waals surface area contributed by atoms with Gasteiger partial charge >= 0.3 is 5.69 Å². The Labute approximate surface area is 172 Å². The summed E-state index contributed by atoms with van der Waals surface area (Å²) in [6.07, 6.45) is 5.36. The number of rotatable bonds is 8. The van der Waals surface area contributed by atoms with Crippen LogP contribution in [0.15, 0.2) is 59.5 Å². The number of hydrogen-bond donors (Lipinski definition) is 0. The molecule has 3 heterocycles. The van der Waals surface area contributed by atoms with Gasteiger partial charge in [-0.1, -0.05) is 43.3 Å². The van der Waals surface area contributed by atoms with Crippen molar-refractivity contribution in [2.75, 3.05) is 26.2 Å². The summed E-state index contributed by atoms with van der Waals surface area (Å²) in [5.74, 6) is 0. The predicted molar refractivity (Wildman–Crippen MR) is 116 cm³/mol. The van der Waals surface area contributed by atoms with Crippen LogP contribution in [0.3, 0.4) is 0 Å². The van der Waals surface area contributed by atoms with Gasteiger partial charge < -0.3 is 0 Å². The molecule has 6 nitrogen and oxygen atoms in total. The molecule has 4 rings (SSSR count). The first-order valence-electron chi connectivity index (χ1n) is 10.8. The Hall–Kier alpha value is -2.44. The average Bonchev–Trinajstić information content (AvgIpc) is 3.08. The first-order valence-corrected chi connectivity index (χ1v) is 10.8. The van der Waals surface area contributed by atoms with Crippen LogP contribution in [0.1, 0.15) is 31.7 Å². The maximum Gasteiger partial charge on any atom is 0.350 e. The fourth-order valence-electron chi connectivity index (χ4n) is 4.42. The molecule has 3 aromatic rings. The van der Waals surface area contributed by atoms with Gasteiger partial charge in [-0.05, 0) is 50.0 Å². The van der Waals surface area contributed by atoms with Gasteiger partial charge in [-0.15, -0.1) is 5.10 Å². The second-order valence-corrected chi connectivity index (χ2v) is 7.99. The molecular weight excluding hydrogens is 362 g/mol. The van der Waals surface area contributed by atoms with E-state index in [1.54, 1.807) is 15.3 Å². The van der Waals surface area contributed by atoms with Crippen molar-refractivity contribution in [2.24, 2.45) is 0 Å². The van der Waals surface area contributed by atoms with Crippen molar-refractivity contribution in [3.63, 3.8) is 0 Å². The Morgan fingerprint density at radius 3 is 2.72 bits per heavy atom. The highest BCUT2D eigenvalue weighted by Gasteiger charge is 2.25. The summed E-state index contributed by atoms with van der Waals surface area (Å²) in [6.45, 7) is 8.06. The number of hydrogen-bond acceptors (Lipinski definition) is 4. The van der Waals surface area contributed by atoms with E-state index in [9.17, 15) is 4.79 Å².